The molecule has 1 atom stereocenters. The summed E-state index contributed by atoms with van der Waals surface area (Å²) in [5, 5.41) is 7.68. The van der Waals surface area contributed by atoms with Gasteiger partial charge in [-0.2, -0.15) is 5.10 Å². The molecule has 140 valence electrons. The fraction of sp³-hybridized carbons (Fsp3) is 0.238. The van der Waals surface area contributed by atoms with Crippen LogP contribution in [0.3, 0.4) is 0 Å². The van der Waals surface area contributed by atoms with Gasteiger partial charge in [-0.25, -0.2) is 14.6 Å². The number of fused-ring (bicyclic) bond motifs is 2. The van der Waals surface area contributed by atoms with Gasteiger partial charge in [0.15, 0.2) is 5.82 Å². The minimum Gasteiger partial charge on any atom is -0.344 e. The maximum absolute atomic E-state index is 12.9. The molecule has 0 spiro atoms. The molecule has 5 rings (SSSR count). The van der Waals surface area contributed by atoms with Crippen LogP contribution in [0.2, 0.25) is 0 Å². The number of rotatable bonds is 3. The third-order valence-corrected chi connectivity index (χ3v) is 5.27. The molecule has 0 radical (unpaired) electrons. The first-order chi connectivity index (χ1) is 13.7. The number of carbonyl (C=O) groups excluding carboxylic acids is 1. The Hall–Kier alpha value is -3.48. The lowest BCUT2D eigenvalue weighted by Crippen LogP contribution is -2.31. The topological polar surface area (TPSA) is 77.1 Å². The van der Waals surface area contributed by atoms with Crippen molar-refractivity contribution in [1.29, 1.82) is 0 Å². The van der Waals surface area contributed by atoms with Crippen LogP contribution in [0.4, 0.5) is 0 Å². The number of carbonyl (C=O) groups is 1. The van der Waals surface area contributed by atoms with Crippen LogP contribution in [0.25, 0.3) is 11.5 Å². The highest BCUT2D eigenvalue weighted by molar-refractivity contribution is 5.93. The lowest BCUT2D eigenvalue weighted by atomic mass is 9.93. The second-order valence-corrected chi connectivity index (χ2v) is 7.11. The van der Waals surface area contributed by atoms with Crippen LogP contribution in [0, 0.1) is 6.92 Å². The summed E-state index contributed by atoms with van der Waals surface area (Å²) in [5.74, 6) is 0.637. The fourth-order valence-corrected chi connectivity index (χ4v) is 3.88. The van der Waals surface area contributed by atoms with Crippen molar-refractivity contribution in [1.82, 2.24) is 29.5 Å². The number of amides is 1. The number of aromatic nitrogens is 5. The molecule has 0 saturated carbocycles. The third-order valence-electron chi connectivity index (χ3n) is 5.27. The summed E-state index contributed by atoms with van der Waals surface area (Å²) in [4.78, 5) is 21.8. The predicted octanol–water partition coefficient (Wildman–Crippen LogP) is 3.03. The molecule has 1 N–H and O–H groups in total. The van der Waals surface area contributed by atoms with Crippen molar-refractivity contribution in [2.75, 3.05) is 0 Å². The van der Waals surface area contributed by atoms with Crippen molar-refractivity contribution < 1.29 is 4.79 Å². The zero-order chi connectivity index (χ0) is 19.1. The molecule has 0 bridgehead atoms. The number of imidazole rings is 1. The fourth-order valence-electron chi connectivity index (χ4n) is 3.88. The van der Waals surface area contributed by atoms with Crippen LogP contribution in [-0.4, -0.2) is 30.1 Å². The van der Waals surface area contributed by atoms with Gasteiger partial charge in [-0.15, -0.1) is 0 Å². The SMILES string of the molecule is Cc1cccn2cc(C(=O)NC3CCCc4c3cnn4-c3ccccn3)nc12. The first-order valence-corrected chi connectivity index (χ1v) is 9.44. The second kappa shape index (κ2) is 6.60. The molecule has 4 aromatic rings. The second-order valence-electron chi connectivity index (χ2n) is 7.11. The largest absolute Gasteiger partial charge is 0.344 e. The predicted molar refractivity (Wildman–Crippen MR) is 104 cm³/mol. The maximum atomic E-state index is 12.9. The summed E-state index contributed by atoms with van der Waals surface area (Å²) in [6.45, 7) is 1.99. The molecule has 4 aromatic heterocycles. The first-order valence-electron chi connectivity index (χ1n) is 9.44. The van der Waals surface area contributed by atoms with Gasteiger partial charge in [0.05, 0.1) is 17.9 Å². The molecule has 1 aliphatic rings. The Morgan fingerprint density at radius 2 is 2.18 bits per heavy atom. The Labute approximate surface area is 162 Å². The summed E-state index contributed by atoms with van der Waals surface area (Å²) in [5.41, 5.74) is 4.45. The molecular weight excluding hydrogens is 352 g/mol. The molecule has 1 aliphatic carbocycles. The van der Waals surface area contributed by atoms with Crippen LogP contribution in [0.5, 0.6) is 0 Å². The van der Waals surface area contributed by atoms with E-state index in [0.29, 0.717) is 5.69 Å². The van der Waals surface area contributed by atoms with Crippen LogP contribution >= 0.6 is 0 Å². The summed E-state index contributed by atoms with van der Waals surface area (Å²) in [6, 6.07) is 9.64. The summed E-state index contributed by atoms with van der Waals surface area (Å²) >= 11 is 0. The Balaban J connectivity index is 1.43. The van der Waals surface area contributed by atoms with E-state index in [9.17, 15) is 4.79 Å². The average molecular weight is 372 g/mol. The van der Waals surface area contributed by atoms with Gasteiger partial charge >= 0.3 is 0 Å². The van der Waals surface area contributed by atoms with Crippen LogP contribution < -0.4 is 5.32 Å². The highest BCUT2D eigenvalue weighted by Crippen LogP contribution is 2.31. The lowest BCUT2D eigenvalue weighted by Gasteiger charge is -2.23. The number of aryl methyl sites for hydroxylation is 1. The van der Waals surface area contributed by atoms with Gasteiger partial charge in [0, 0.05) is 24.2 Å². The van der Waals surface area contributed by atoms with Gasteiger partial charge in [-0.1, -0.05) is 12.1 Å². The normalized spacial score (nSPS) is 16.1. The molecule has 1 unspecified atom stereocenters. The van der Waals surface area contributed by atoms with E-state index in [2.05, 4.69) is 20.4 Å². The molecule has 0 aromatic carbocycles. The zero-order valence-corrected chi connectivity index (χ0v) is 15.5. The molecule has 4 heterocycles. The molecule has 7 nitrogen and oxygen atoms in total. The quantitative estimate of drug-likeness (QED) is 0.600. The minimum absolute atomic E-state index is 0.0698. The van der Waals surface area contributed by atoms with E-state index in [-0.39, 0.29) is 11.9 Å². The van der Waals surface area contributed by atoms with Gasteiger partial charge in [-0.05, 0) is 49.9 Å². The van der Waals surface area contributed by atoms with Gasteiger partial charge in [0.25, 0.3) is 5.91 Å². The molecule has 1 amide bonds. The number of pyridine rings is 2. The van der Waals surface area contributed by atoms with Crippen LogP contribution in [0.1, 0.15) is 46.2 Å². The zero-order valence-electron chi connectivity index (χ0n) is 15.5. The first kappa shape index (κ1) is 16.7. The van der Waals surface area contributed by atoms with Crippen molar-refractivity contribution in [3.8, 4) is 5.82 Å². The van der Waals surface area contributed by atoms with E-state index in [1.807, 2.05) is 58.7 Å². The highest BCUT2D eigenvalue weighted by Gasteiger charge is 2.27. The molecule has 0 fully saturated rings. The van der Waals surface area contributed by atoms with E-state index in [1.165, 1.54) is 0 Å². The Kier molecular flexibility index (Phi) is 3.93. The summed E-state index contributed by atoms with van der Waals surface area (Å²) in [7, 11) is 0. The summed E-state index contributed by atoms with van der Waals surface area (Å²) in [6.07, 6.45) is 10.1. The standard InChI is InChI=1S/C21H20N6O/c1-14-6-5-11-26-13-17(24-20(14)26)21(28)25-16-7-4-8-18-15(16)12-23-27(18)19-9-2-3-10-22-19/h2-3,5-6,9-13,16H,4,7-8H2,1H3,(H,25,28). The van der Waals surface area contributed by atoms with Gasteiger partial charge < -0.3 is 9.72 Å². The average Bonchev–Trinajstić information content (AvgIpc) is 3.34. The van der Waals surface area contributed by atoms with Gasteiger partial charge in [0.2, 0.25) is 0 Å². The minimum atomic E-state index is -0.161. The van der Waals surface area contributed by atoms with Crippen molar-refractivity contribution in [3.63, 3.8) is 0 Å². The van der Waals surface area contributed by atoms with Gasteiger partial charge in [0.1, 0.15) is 11.3 Å². The van der Waals surface area contributed by atoms with Crippen molar-refractivity contribution in [3.05, 3.63) is 77.6 Å². The Morgan fingerprint density at radius 3 is 3.00 bits per heavy atom. The monoisotopic (exact) mass is 372 g/mol. The molecule has 0 saturated heterocycles. The molecular formula is C21H20N6O. The van der Waals surface area contributed by atoms with E-state index < -0.39 is 0 Å². The Bertz CT molecular complexity index is 1160. The molecule has 7 heteroatoms. The van der Waals surface area contributed by atoms with E-state index in [4.69, 9.17) is 0 Å². The van der Waals surface area contributed by atoms with Crippen molar-refractivity contribution >= 4 is 11.6 Å². The molecule has 28 heavy (non-hydrogen) atoms. The smallest absolute Gasteiger partial charge is 0.271 e. The molecule has 0 aliphatic heterocycles. The maximum Gasteiger partial charge on any atom is 0.271 e. The Morgan fingerprint density at radius 1 is 1.25 bits per heavy atom. The lowest BCUT2D eigenvalue weighted by molar-refractivity contribution is 0.0928. The van der Waals surface area contributed by atoms with Crippen molar-refractivity contribution in [2.45, 2.75) is 32.2 Å². The summed E-state index contributed by atoms with van der Waals surface area (Å²) < 4.78 is 3.76. The van der Waals surface area contributed by atoms with Gasteiger partial charge in [-0.3, -0.25) is 4.79 Å². The van der Waals surface area contributed by atoms with Crippen LogP contribution in [0.15, 0.2) is 55.1 Å². The number of nitrogens with one attached hydrogen (secondary N) is 1. The van der Waals surface area contributed by atoms with Crippen molar-refractivity contribution in [2.24, 2.45) is 0 Å². The van der Waals surface area contributed by atoms with E-state index in [1.54, 1.807) is 12.4 Å². The third kappa shape index (κ3) is 2.76. The number of nitrogens with zero attached hydrogens (tertiary/aromatic N) is 5. The van der Waals surface area contributed by atoms with Crippen LogP contribution in [-0.2, 0) is 6.42 Å². The number of hydrogen-bond acceptors (Lipinski definition) is 4. The highest BCUT2D eigenvalue weighted by atomic mass is 16.2. The van der Waals surface area contributed by atoms with E-state index >= 15 is 0 Å². The number of hydrogen-bond donors (Lipinski definition) is 1. The van der Waals surface area contributed by atoms with E-state index in [0.717, 1.165) is 47.5 Å².